The molecule has 0 aliphatic heterocycles. The van der Waals surface area contributed by atoms with Gasteiger partial charge in [0.1, 0.15) is 17.9 Å². The van der Waals surface area contributed by atoms with E-state index in [-0.39, 0.29) is 0 Å². The standard InChI is InChI=1S/C15H15ClN4O/c1-21-12-2-3-14-13(8-12)19-15(4-6-16)20(14)9-11-5-7-17-10-18-11/h2-3,5,7-8,10H,4,6,9H2,1H3. The number of nitrogens with zero attached hydrogens (tertiary/aromatic N) is 4. The van der Waals surface area contributed by atoms with Crippen molar-refractivity contribution in [2.24, 2.45) is 0 Å². The lowest BCUT2D eigenvalue weighted by Gasteiger charge is -2.08. The van der Waals surface area contributed by atoms with Crippen LogP contribution in [-0.2, 0) is 13.0 Å². The second kappa shape index (κ2) is 6.10. The number of ether oxygens (including phenoxy) is 1. The van der Waals surface area contributed by atoms with E-state index in [1.165, 1.54) is 0 Å². The molecule has 0 radical (unpaired) electrons. The lowest BCUT2D eigenvalue weighted by Crippen LogP contribution is -2.07. The summed E-state index contributed by atoms with van der Waals surface area (Å²) in [4.78, 5) is 12.9. The molecular weight excluding hydrogens is 288 g/mol. The van der Waals surface area contributed by atoms with Crippen LogP contribution in [0.2, 0.25) is 0 Å². The number of aromatic nitrogens is 4. The van der Waals surface area contributed by atoms with Crippen LogP contribution in [0.5, 0.6) is 5.75 Å². The van der Waals surface area contributed by atoms with Gasteiger partial charge in [0.05, 0.1) is 30.4 Å². The van der Waals surface area contributed by atoms with E-state index >= 15 is 0 Å². The molecule has 0 saturated carbocycles. The summed E-state index contributed by atoms with van der Waals surface area (Å²) in [6.45, 7) is 0.650. The molecule has 3 aromatic rings. The van der Waals surface area contributed by atoms with Crippen molar-refractivity contribution >= 4 is 22.6 Å². The van der Waals surface area contributed by atoms with Gasteiger partial charge in [-0.1, -0.05) is 0 Å². The number of fused-ring (bicyclic) bond motifs is 1. The van der Waals surface area contributed by atoms with Crippen LogP contribution >= 0.6 is 11.6 Å². The molecule has 0 saturated heterocycles. The minimum atomic E-state index is 0.532. The number of hydrogen-bond donors (Lipinski definition) is 0. The molecule has 0 atom stereocenters. The smallest absolute Gasteiger partial charge is 0.121 e. The van der Waals surface area contributed by atoms with E-state index in [2.05, 4.69) is 19.5 Å². The topological polar surface area (TPSA) is 52.8 Å². The Kier molecular flexibility index (Phi) is 4.01. The summed E-state index contributed by atoms with van der Waals surface area (Å²) in [5.74, 6) is 2.28. The third kappa shape index (κ3) is 2.83. The van der Waals surface area contributed by atoms with E-state index in [1.807, 2.05) is 24.3 Å². The molecule has 0 unspecified atom stereocenters. The third-order valence-electron chi connectivity index (χ3n) is 3.32. The first-order valence-corrected chi connectivity index (χ1v) is 7.19. The molecule has 3 rings (SSSR count). The lowest BCUT2D eigenvalue weighted by molar-refractivity contribution is 0.415. The summed E-state index contributed by atoms with van der Waals surface area (Å²) in [6.07, 6.45) is 4.01. The highest BCUT2D eigenvalue weighted by Crippen LogP contribution is 2.23. The monoisotopic (exact) mass is 302 g/mol. The van der Waals surface area contributed by atoms with Crippen molar-refractivity contribution in [3.05, 3.63) is 48.3 Å². The van der Waals surface area contributed by atoms with Gasteiger partial charge in [-0.2, -0.15) is 0 Å². The van der Waals surface area contributed by atoms with Gasteiger partial charge in [-0.25, -0.2) is 15.0 Å². The first kappa shape index (κ1) is 13.8. The zero-order valence-corrected chi connectivity index (χ0v) is 12.4. The highest BCUT2D eigenvalue weighted by molar-refractivity contribution is 6.17. The number of halogens is 1. The summed E-state index contributed by atoms with van der Waals surface area (Å²) in [7, 11) is 1.65. The Morgan fingerprint density at radius 2 is 2.19 bits per heavy atom. The number of alkyl halides is 1. The van der Waals surface area contributed by atoms with Crippen LogP contribution in [0.25, 0.3) is 11.0 Å². The predicted molar refractivity (Wildman–Crippen MR) is 81.8 cm³/mol. The van der Waals surface area contributed by atoms with E-state index in [0.29, 0.717) is 18.8 Å². The first-order chi connectivity index (χ1) is 10.3. The van der Waals surface area contributed by atoms with Gasteiger partial charge >= 0.3 is 0 Å². The minimum Gasteiger partial charge on any atom is -0.497 e. The molecule has 2 heterocycles. The Morgan fingerprint density at radius 3 is 2.90 bits per heavy atom. The van der Waals surface area contributed by atoms with Gasteiger partial charge in [0, 0.05) is 24.6 Å². The maximum Gasteiger partial charge on any atom is 0.121 e. The van der Waals surface area contributed by atoms with Crippen molar-refractivity contribution in [2.45, 2.75) is 13.0 Å². The van der Waals surface area contributed by atoms with Gasteiger partial charge in [-0.3, -0.25) is 0 Å². The summed E-state index contributed by atoms with van der Waals surface area (Å²) in [5, 5.41) is 0. The van der Waals surface area contributed by atoms with Crippen molar-refractivity contribution in [3.8, 4) is 5.75 Å². The quantitative estimate of drug-likeness (QED) is 0.680. The third-order valence-corrected chi connectivity index (χ3v) is 3.50. The average Bonchev–Trinajstić information content (AvgIpc) is 2.85. The van der Waals surface area contributed by atoms with Crippen LogP contribution in [0, 0.1) is 0 Å². The second-order valence-corrected chi connectivity index (χ2v) is 4.99. The molecule has 0 bridgehead atoms. The molecule has 0 aliphatic rings. The lowest BCUT2D eigenvalue weighted by atomic mass is 10.3. The number of benzene rings is 1. The second-order valence-electron chi connectivity index (χ2n) is 4.61. The Labute approximate surface area is 127 Å². The van der Waals surface area contributed by atoms with Gasteiger partial charge in [0.15, 0.2) is 0 Å². The fraction of sp³-hybridized carbons (Fsp3) is 0.267. The predicted octanol–water partition coefficient (Wildman–Crippen LogP) is 2.66. The van der Waals surface area contributed by atoms with Crippen molar-refractivity contribution in [3.63, 3.8) is 0 Å². The average molecular weight is 303 g/mol. The summed E-state index contributed by atoms with van der Waals surface area (Å²) in [5.41, 5.74) is 2.90. The van der Waals surface area contributed by atoms with Crippen molar-refractivity contribution in [2.75, 3.05) is 13.0 Å². The molecule has 5 nitrogen and oxygen atoms in total. The molecule has 1 aromatic carbocycles. The van der Waals surface area contributed by atoms with Crippen LogP contribution < -0.4 is 4.74 Å². The Hall–Kier alpha value is -2.14. The molecule has 21 heavy (non-hydrogen) atoms. The normalized spacial score (nSPS) is 11.0. The molecular formula is C15H15ClN4O. The van der Waals surface area contributed by atoms with Crippen LogP contribution in [0.4, 0.5) is 0 Å². The van der Waals surface area contributed by atoms with Crippen LogP contribution in [0.1, 0.15) is 11.5 Å². The molecule has 0 spiro atoms. The van der Waals surface area contributed by atoms with Crippen molar-refractivity contribution < 1.29 is 4.74 Å². The number of imidazole rings is 1. The first-order valence-electron chi connectivity index (χ1n) is 6.66. The molecule has 6 heteroatoms. The van der Waals surface area contributed by atoms with Gasteiger partial charge in [0.2, 0.25) is 0 Å². The van der Waals surface area contributed by atoms with E-state index < -0.39 is 0 Å². The number of aryl methyl sites for hydroxylation is 1. The Morgan fingerprint density at radius 1 is 1.29 bits per heavy atom. The van der Waals surface area contributed by atoms with E-state index in [1.54, 1.807) is 19.6 Å². The summed E-state index contributed by atoms with van der Waals surface area (Å²) >= 11 is 5.89. The van der Waals surface area contributed by atoms with E-state index in [4.69, 9.17) is 16.3 Å². The largest absolute Gasteiger partial charge is 0.497 e. The van der Waals surface area contributed by atoms with Gasteiger partial charge in [-0.05, 0) is 18.2 Å². The zero-order valence-electron chi connectivity index (χ0n) is 11.7. The van der Waals surface area contributed by atoms with Crippen molar-refractivity contribution in [1.29, 1.82) is 0 Å². The van der Waals surface area contributed by atoms with Crippen LogP contribution in [0.15, 0.2) is 36.8 Å². The summed E-state index contributed by atoms with van der Waals surface area (Å²) in [6, 6.07) is 7.79. The van der Waals surface area contributed by atoms with E-state index in [9.17, 15) is 0 Å². The number of rotatable bonds is 5. The molecule has 0 amide bonds. The molecule has 108 valence electrons. The maximum absolute atomic E-state index is 5.89. The number of methoxy groups -OCH3 is 1. The van der Waals surface area contributed by atoms with Gasteiger partial charge < -0.3 is 9.30 Å². The van der Waals surface area contributed by atoms with E-state index in [0.717, 1.165) is 28.3 Å². The molecule has 0 aliphatic carbocycles. The molecule has 0 fully saturated rings. The number of hydrogen-bond acceptors (Lipinski definition) is 4. The van der Waals surface area contributed by atoms with Crippen molar-refractivity contribution in [1.82, 2.24) is 19.5 Å². The van der Waals surface area contributed by atoms with Gasteiger partial charge in [-0.15, -0.1) is 11.6 Å². The van der Waals surface area contributed by atoms with Crippen LogP contribution in [0.3, 0.4) is 0 Å². The fourth-order valence-electron chi connectivity index (χ4n) is 2.31. The molecule has 2 aromatic heterocycles. The maximum atomic E-state index is 5.89. The Balaban J connectivity index is 2.07. The SMILES string of the molecule is COc1ccc2c(c1)nc(CCCl)n2Cc1ccncn1. The summed E-state index contributed by atoms with van der Waals surface area (Å²) < 4.78 is 7.39. The minimum absolute atomic E-state index is 0.532. The fourth-order valence-corrected chi connectivity index (χ4v) is 2.48. The highest BCUT2D eigenvalue weighted by Gasteiger charge is 2.12. The van der Waals surface area contributed by atoms with Gasteiger partial charge in [0.25, 0.3) is 0 Å². The zero-order chi connectivity index (χ0) is 14.7. The van der Waals surface area contributed by atoms with Crippen LogP contribution in [-0.4, -0.2) is 32.5 Å². The Bertz CT molecular complexity index is 742. The highest BCUT2D eigenvalue weighted by atomic mass is 35.5. The molecule has 0 N–H and O–H groups in total.